The Morgan fingerprint density at radius 2 is 1.46 bits per heavy atom. The van der Waals surface area contributed by atoms with Gasteiger partial charge in [0, 0.05) is 29.4 Å². The van der Waals surface area contributed by atoms with Crippen molar-refractivity contribution in [2.24, 2.45) is 0 Å². The monoisotopic (exact) mass is 544 g/mol. The number of hydrogen-bond acceptors (Lipinski definition) is 7. The summed E-state index contributed by atoms with van der Waals surface area (Å²) in [5.74, 6) is -6.63. The third kappa shape index (κ3) is 4.36. The van der Waals surface area contributed by atoms with Gasteiger partial charge in [-0.2, -0.15) is 13.2 Å². The number of carboxylic acid groups (broad SMARTS) is 2. The van der Waals surface area contributed by atoms with Crippen LogP contribution in [0.3, 0.4) is 0 Å². The van der Waals surface area contributed by atoms with Gasteiger partial charge in [-0.3, -0.25) is 19.2 Å². The highest BCUT2D eigenvalue weighted by molar-refractivity contribution is 6.27. The molecule has 0 fully saturated rings. The summed E-state index contributed by atoms with van der Waals surface area (Å²) >= 11 is 0. The number of rotatable bonds is 2. The predicted molar refractivity (Wildman–Crippen MR) is 126 cm³/mol. The Kier molecular flexibility index (Phi) is 6.64. The minimum atomic E-state index is -5.08. The van der Waals surface area contributed by atoms with Crippen LogP contribution in [-0.2, 0) is 16.0 Å². The Morgan fingerprint density at radius 3 is 1.95 bits per heavy atom. The number of alkyl halides is 3. The number of hydrogen-bond donors (Lipinski definition) is 2. The van der Waals surface area contributed by atoms with Crippen LogP contribution in [0.15, 0.2) is 36.4 Å². The molecule has 2 aromatic carbocycles. The molecule has 3 aliphatic rings. The van der Waals surface area contributed by atoms with Crippen molar-refractivity contribution >= 4 is 35.1 Å². The molecule has 12 heteroatoms. The number of fused-ring (bicyclic) bond motifs is 5. The number of Topliss-reactive ketones (excluding diaryl/α,β-unsaturated/α-hetero) is 2. The summed E-state index contributed by atoms with van der Waals surface area (Å²) in [4.78, 5) is 72.8. The van der Waals surface area contributed by atoms with E-state index in [9.17, 15) is 42.3 Å². The van der Waals surface area contributed by atoms with E-state index >= 15 is 0 Å². The summed E-state index contributed by atoms with van der Waals surface area (Å²) in [6.45, 7) is 1.69. The molecule has 0 radical (unpaired) electrons. The Morgan fingerprint density at radius 1 is 0.923 bits per heavy atom. The fourth-order valence-electron chi connectivity index (χ4n) is 5.24. The second kappa shape index (κ2) is 9.38. The molecule has 0 bridgehead atoms. The van der Waals surface area contributed by atoms with E-state index in [0.29, 0.717) is 17.5 Å². The van der Waals surface area contributed by atoms with Crippen LogP contribution in [0.1, 0.15) is 80.8 Å². The maximum atomic E-state index is 13.8. The van der Waals surface area contributed by atoms with Crippen LogP contribution in [-0.4, -0.2) is 64.2 Å². The number of ether oxygens (including phenoxy) is 1. The zero-order valence-corrected chi connectivity index (χ0v) is 20.3. The zero-order chi connectivity index (χ0) is 29.0. The molecule has 2 aromatic rings. The summed E-state index contributed by atoms with van der Waals surface area (Å²) in [6, 6.07) is 5.83. The van der Waals surface area contributed by atoms with Gasteiger partial charge >= 0.3 is 18.1 Å². The molecule has 0 saturated heterocycles. The molecule has 0 aromatic heterocycles. The third-order valence-corrected chi connectivity index (χ3v) is 7.10. The SMILES string of the molecule is COC12CCc3cc(C)c(C(=O)O)cc3C1C(=O)c1cc3c(cc1C2=O)C(=O)C=CC3=O.O=C(O)C(F)(F)F. The Labute approximate surface area is 217 Å². The van der Waals surface area contributed by atoms with E-state index in [1.54, 1.807) is 13.0 Å². The summed E-state index contributed by atoms with van der Waals surface area (Å²) in [7, 11) is 1.36. The second-order valence-corrected chi connectivity index (χ2v) is 9.20. The summed E-state index contributed by atoms with van der Waals surface area (Å²) in [5.41, 5.74) is 0.626. The maximum Gasteiger partial charge on any atom is 0.490 e. The standard InChI is InChI=1S/C25H18O7.C2HF3O2/c1-11-7-12-5-6-25(32-2)21(14(12)8-13(11)24(30)31)22(28)17-9-15-16(10-18(17)23(25)29)20(27)4-3-19(15)26;3-2(4,5)1(6)7/h3-4,7-10,21H,5-6H2,1-2H3,(H,30,31);(H,6,7). The quantitative estimate of drug-likeness (QED) is 0.576. The van der Waals surface area contributed by atoms with Gasteiger partial charge in [-0.1, -0.05) is 6.07 Å². The first-order valence-electron chi connectivity index (χ1n) is 11.4. The largest absolute Gasteiger partial charge is 0.490 e. The van der Waals surface area contributed by atoms with Crippen LogP contribution in [0.5, 0.6) is 0 Å². The number of aliphatic carboxylic acids is 1. The summed E-state index contributed by atoms with van der Waals surface area (Å²) < 4.78 is 37.5. The maximum absolute atomic E-state index is 13.8. The number of halogens is 3. The minimum absolute atomic E-state index is 0.0492. The molecule has 202 valence electrons. The lowest BCUT2D eigenvalue weighted by Gasteiger charge is -2.45. The van der Waals surface area contributed by atoms with Crippen LogP contribution < -0.4 is 0 Å². The first-order chi connectivity index (χ1) is 18.1. The van der Waals surface area contributed by atoms with Gasteiger partial charge in [-0.15, -0.1) is 0 Å². The van der Waals surface area contributed by atoms with Crippen LogP contribution in [0, 0.1) is 6.92 Å². The van der Waals surface area contributed by atoms with Crippen molar-refractivity contribution in [2.75, 3.05) is 7.11 Å². The van der Waals surface area contributed by atoms with Gasteiger partial charge in [0.2, 0.25) is 0 Å². The van der Waals surface area contributed by atoms with Gasteiger partial charge in [0.1, 0.15) is 5.60 Å². The topological polar surface area (TPSA) is 152 Å². The van der Waals surface area contributed by atoms with Crippen molar-refractivity contribution in [3.63, 3.8) is 0 Å². The molecule has 0 spiro atoms. The molecule has 5 rings (SSSR count). The van der Waals surface area contributed by atoms with Gasteiger partial charge in [-0.25, -0.2) is 9.59 Å². The van der Waals surface area contributed by atoms with Crippen LogP contribution in [0.2, 0.25) is 0 Å². The van der Waals surface area contributed by atoms with Crippen molar-refractivity contribution in [1.29, 1.82) is 0 Å². The lowest BCUT2D eigenvalue weighted by atomic mass is 9.61. The highest BCUT2D eigenvalue weighted by Gasteiger charge is 2.57. The number of aromatic carboxylic acids is 1. The fourth-order valence-corrected chi connectivity index (χ4v) is 5.24. The first-order valence-corrected chi connectivity index (χ1v) is 11.4. The van der Waals surface area contributed by atoms with E-state index < -0.39 is 52.8 Å². The first kappa shape index (κ1) is 27.6. The van der Waals surface area contributed by atoms with E-state index in [4.69, 9.17) is 14.6 Å². The van der Waals surface area contributed by atoms with Crippen molar-refractivity contribution in [3.8, 4) is 0 Å². The second-order valence-electron chi connectivity index (χ2n) is 9.20. The van der Waals surface area contributed by atoms with Gasteiger partial charge in [0.05, 0.1) is 11.5 Å². The van der Waals surface area contributed by atoms with E-state index in [0.717, 1.165) is 17.7 Å². The number of benzene rings is 2. The Hall–Kier alpha value is -4.45. The molecule has 39 heavy (non-hydrogen) atoms. The molecular formula is C27H19F3O9. The van der Waals surface area contributed by atoms with Crippen molar-refractivity contribution in [2.45, 2.75) is 37.5 Å². The highest BCUT2D eigenvalue weighted by atomic mass is 19.4. The normalized spacial score (nSPS) is 21.2. The molecule has 0 saturated carbocycles. The van der Waals surface area contributed by atoms with E-state index in [2.05, 4.69) is 0 Å². The van der Waals surface area contributed by atoms with Crippen LogP contribution in [0.25, 0.3) is 0 Å². The van der Waals surface area contributed by atoms with E-state index in [1.165, 1.54) is 25.3 Å². The number of ketones is 4. The average Bonchev–Trinajstić information content (AvgIpc) is 2.87. The number of aryl methyl sites for hydroxylation is 2. The fraction of sp³-hybridized carbons (Fsp3) is 0.259. The molecule has 0 heterocycles. The highest BCUT2D eigenvalue weighted by Crippen LogP contribution is 2.49. The minimum Gasteiger partial charge on any atom is -0.478 e. The number of carboxylic acids is 2. The van der Waals surface area contributed by atoms with Crippen molar-refractivity contribution < 1.29 is 56.9 Å². The van der Waals surface area contributed by atoms with Gasteiger partial charge in [0.25, 0.3) is 0 Å². The van der Waals surface area contributed by atoms with Crippen LogP contribution in [0.4, 0.5) is 13.2 Å². The van der Waals surface area contributed by atoms with E-state index in [1.807, 2.05) is 0 Å². The number of methoxy groups -OCH3 is 1. The Bertz CT molecular complexity index is 1530. The Balaban J connectivity index is 0.000000448. The molecule has 9 nitrogen and oxygen atoms in total. The molecule has 2 unspecified atom stereocenters. The van der Waals surface area contributed by atoms with Crippen molar-refractivity contribution in [3.05, 3.63) is 80.9 Å². The smallest absolute Gasteiger partial charge is 0.478 e. The molecule has 2 atom stereocenters. The predicted octanol–water partition coefficient (Wildman–Crippen LogP) is 3.76. The molecule has 0 aliphatic heterocycles. The number of carbonyl (C=O) groups is 6. The van der Waals surface area contributed by atoms with Gasteiger partial charge in [-0.05, 0) is 66.8 Å². The molecular weight excluding hydrogens is 525 g/mol. The molecule has 3 aliphatic carbocycles. The molecule has 0 amide bonds. The van der Waals surface area contributed by atoms with Gasteiger partial charge in [0.15, 0.2) is 23.1 Å². The summed E-state index contributed by atoms with van der Waals surface area (Å²) in [5, 5.41) is 16.7. The number of allylic oxidation sites excluding steroid dienone is 2. The van der Waals surface area contributed by atoms with Crippen LogP contribution >= 0.6 is 0 Å². The number of carbonyl (C=O) groups excluding carboxylic acids is 4. The summed E-state index contributed by atoms with van der Waals surface area (Å²) in [6.07, 6.45) is -2.13. The third-order valence-electron chi connectivity index (χ3n) is 7.10. The molecule has 2 N–H and O–H groups in total. The lowest BCUT2D eigenvalue weighted by Crippen LogP contribution is -2.55. The average molecular weight is 544 g/mol. The lowest BCUT2D eigenvalue weighted by molar-refractivity contribution is -0.192. The van der Waals surface area contributed by atoms with Crippen molar-refractivity contribution in [1.82, 2.24) is 0 Å². The van der Waals surface area contributed by atoms with Gasteiger partial charge < -0.3 is 14.9 Å². The zero-order valence-electron chi connectivity index (χ0n) is 20.3. The van der Waals surface area contributed by atoms with E-state index in [-0.39, 0.29) is 34.2 Å².